The van der Waals surface area contributed by atoms with E-state index in [9.17, 15) is 13.2 Å². The van der Waals surface area contributed by atoms with Crippen LogP contribution in [0.5, 0.6) is 5.75 Å². The van der Waals surface area contributed by atoms with E-state index in [1.54, 1.807) is 12.1 Å². The van der Waals surface area contributed by atoms with E-state index in [4.69, 9.17) is 10.5 Å². The average Bonchev–Trinajstić information content (AvgIpc) is 2.36. The van der Waals surface area contributed by atoms with Crippen molar-refractivity contribution in [3.63, 3.8) is 0 Å². The Labute approximate surface area is 122 Å². The number of halogens is 3. The molecule has 0 bridgehead atoms. The third kappa shape index (κ3) is 4.37. The van der Waals surface area contributed by atoms with Gasteiger partial charge in [0.1, 0.15) is 18.3 Å². The largest absolute Gasteiger partial charge is 0.492 e. The van der Waals surface area contributed by atoms with Gasteiger partial charge in [0.05, 0.1) is 4.99 Å². The van der Waals surface area contributed by atoms with E-state index >= 15 is 0 Å². The third-order valence-corrected chi connectivity index (χ3v) is 3.49. The van der Waals surface area contributed by atoms with E-state index in [0.717, 1.165) is 12.0 Å². The number of alkyl halides is 3. The zero-order valence-electron chi connectivity index (χ0n) is 11.4. The van der Waals surface area contributed by atoms with Gasteiger partial charge in [-0.3, -0.25) is 0 Å². The van der Waals surface area contributed by atoms with Crippen molar-refractivity contribution in [2.45, 2.75) is 32.4 Å². The molecule has 20 heavy (non-hydrogen) atoms. The van der Waals surface area contributed by atoms with Gasteiger partial charge in [-0.05, 0) is 24.0 Å². The lowest BCUT2D eigenvalue weighted by Gasteiger charge is -2.21. The van der Waals surface area contributed by atoms with E-state index in [1.165, 1.54) is 0 Å². The van der Waals surface area contributed by atoms with Gasteiger partial charge in [-0.25, -0.2) is 0 Å². The van der Waals surface area contributed by atoms with Crippen LogP contribution in [0, 0.1) is 5.92 Å². The number of benzene rings is 1. The second kappa shape index (κ2) is 6.92. The fraction of sp³-hybridized carbons (Fsp3) is 0.500. The highest BCUT2D eigenvalue weighted by molar-refractivity contribution is 7.80. The van der Waals surface area contributed by atoms with Crippen molar-refractivity contribution >= 4 is 17.2 Å². The Morgan fingerprint density at radius 3 is 2.45 bits per heavy atom. The summed E-state index contributed by atoms with van der Waals surface area (Å²) >= 11 is 4.47. The maximum absolute atomic E-state index is 12.8. The van der Waals surface area contributed by atoms with Crippen LogP contribution < -0.4 is 10.5 Å². The van der Waals surface area contributed by atoms with Crippen LogP contribution >= 0.6 is 12.2 Å². The topological polar surface area (TPSA) is 35.2 Å². The summed E-state index contributed by atoms with van der Waals surface area (Å²) < 4.78 is 43.6. The average molecular weight is 305 g/mol. The first-order chi connectivity index (χ1) is 9.27. The summed E-state index contributed by atoms with van der Waals surface area (Å²) in [6.45, 7) is 3.41. The van der Waals surface area contributed by atoms with Gasteiger partial charge in [-0.1, -0.05) is 44.3 Å². The molecule has 0 amide bonds. The number of nitrogens with two attached hydrogens (primary N) is 1. The summed E-state index contributed by atoms with van der Waals surface area (Å²) in [7, 11) is 0. The van der Waals surface area contributed by atoms with Crippen LogP contribution in [0.15, 0.2) is 24.3 Å². The van der Waals surface area contributed by atoms with Crippen molar-refractivity contribution in [1.82, 2.24) is 0 Å². The number of hydrogen-bond acceptors (Lipinski definition) is 2. The first-order valence-electron chi connectivity index (χ1n) is 6.35. The van der Waals surface area contributed by atoms with Gasteiger partial charge in [-0.15, -0.1) is 0 Å². The van der Waals surface area contributed by atoms with Gasteiger partial charge in [0, 0.05) is 0 Å². The van der Waals surface area contributed by atoms with Crippen LogP contribution in [-0.4, -0.2) is 17.8 Å². The van der Waals surface area contributed by atoms with Crippen molar-refractivity contribution in [2.24, 2.45) is 11.7 Å². The van der Waals surface area contributed by atoms with Crippen LogP contribution in [0.1, 0.15) is 31.7 Å². The molecule has 2 nitrogen and oxygen atoms in total. The van der Waals surface area contributed by atoms with Gasteiger partial charge in [0.15, 0.2) is 0 Å². The summed E-state index contributed by atoms with van der Waals surface area (Å²) in [5.74, 6) is -1.27. The number of rotatable bonds is 6. The molecule has 0 aliphatic rings. The second-order valence-electron chi connectivity index (χ2n) is 4.65. The molecule has 0 saturated heterocycles. The van der Waals surface area contributed by atoms with E-state index in [2.05, 4.69) is 12.2 Å². The number of hydrogen-bond donors (Lipinski definition) is 1. The molecule has 0 aliphatic carbocycles. The number of ether oxygens (including phenoxy) is 1. The van der Waals surface area contributed by atoms with Gasteiger partial charge in [-0.2, -0.15) is 13.2 Å². The number of para-hydroxylation sites is 1. The van der Waals surface area contributed by atoms with Crippen LogP contribution in [0.2, 0.25) is 0 Å². The highest BCUT2D eigenvalue weighted by atomic mass is 32.1. The monoisotopic (exact) mass is 305 g/mol. The molecular weight excluding hydrogens is 287 g/mol. The zero-order chi connectivity index (χ0) is 15.3. The first kappa shape index (κ1) is 16.8. The zero-order valence-corrected chi connectivity index (χ0v) is 12.2. The fourth-order valence-electron chi connectivity index (χ4n) is 1.75. The normalized spacial score (nSPS) is 14.7. The highest BCUT2D eigenvalue weighted by Gasteiger charge is 2.42. The summed E-state index contributed by atoms with van der Waals surface area (Å²) in [4.78, 5) is -0.599. The molecule has 2 atom stereocenters. The Balaban J connectivity index is 2.86. The molecule has 1 rings (SSSR count). The lowest BCUT2D eigenvalue weighted by atomic mass is 9.98. The van der Waals surface area contributed by atoms with Crippen molar-refractivity contribution in [2.75, 3.05) is 6.61 Å². The molecule has 0 aliphatic heterocycles. The minimum Gasteiger partial charge on any atom is -0.492 e. The molecule has 0 spiro atoms. The number of thiocarbonyl (C=S) groups is 1. The van der Waals surface area contributed by atoms with E-state index in [-0.39, 0.29) is 5.92 Å². The maximum Gasteiger partial charge on any atom is 0.401 e. The molecule has 0 aromatic heterocycles. The lowest BCUT2D eigenvalue weighted by Crippen LogP contribution is -2.38. The lowest BCUT2D eigenvalue weighted by molar-refractivity contribution is -0.161. The van der Waals surface area contributed by atoms with Crippen LogP contribution in [0.25, 0.3) is 0 Å². The molecule has 2 N–H and O–H groups in total. The second-order valence-corrected chi connectivity index (χ2v) is 5.13. The molecule has 0 radical (unpaired) electrons. The van der Waals surface area contributed by atoms with Crippen molar-refractivity contribution < 1.29 is 17.9 Å². The third-order valence-electron chi connectivity index (χ3n) is 3.21. The molecule has 112 valence electrons. The van der Waals surface area contributed by atoms with E-state index in [1.807, 2.05) is 26.0 Å². The quantitative estimate of drug-likeness (QED) is 0.806. The van der Waals surface area contributed by atoms with E-state index in [0.29, 0.717) is 5.75 Å². The molecule has 0 saturated carbocycles. The summed E-state index contributed by atoms with van der Waals surface area (Å²) in [5, 5.41) is 0. The van der Waals surface area contributed by atoms with Crippen LogP contribution in [-0.2, 0) is 0 Å². The predicted octanol–water partition coefficient (Wildman–Crippen LogP) is 4.04. The summed E-state index contributed by atoms with van der Waals surface area (Å²) in [6, 6.07) is 7.08. The molecule has 1 aromatic rings. The van der Waals surface area contributed by atoms with Crippen molar-refractivity contribution in [3.8, 4) is 5.75 Å². The van der Waals surface area contributed by atoms with Gasteiger partial charge < -0.3 is 10.5 Å². The predicted molar refractivity (Wildman–Crippen MR) is 77.0 cm³/mol. The van der Waals surface area contributed by atoms with Crippen LogP contribution in [0.3, 0.4) is 0 Å². The minimum atomic E-state index is -4.49. The van der Waals surface area contributed by atoms with Gasteiger partial charge in [0.25, 0.3) is 0 Å². The SMILES string of the molecule is CCC(C)c1ccccc1OCC(C(N)=S)C(F)(F)F. The van der Waals surface area contributed by atoms with Crippen LogP contribution in [0.4, 0.5) is 13.2 Å². The van der Waals surface area contributed by atoms with Crippen molar-refractivity contribution in [1.29, 1.82) is 0 Å². The Hall–Kier alpha value is -1.30. The van der Waals surface area contributed by atoms with Gasteiger partial charge >= 0.3 is 6.18 Å². The molecular formula is C14H18F3NOS. The van der Waals surface area contributed by atoms with Gasteiger partial charge in [0.2, 0.25) is 0 Å². The highest BCUT2D eigenvalue weighted by Crippen LogP contribution is 2.31. The molecule has 1 aromatic carbocycles. The molecule has 6 heteroatoms. The molecule has 0 heterocycles. The Morgan fingerprint density at radius 2 is 1.95 bits per heavy atom. The minimum absolute atomic E-state index is 0.209. The fourth-order valence-corrected chi connectivity index (χ4v) is 1.95. The molecule has 0 fully saturated rings. The summed E-state index contributed by atoms with van der Waals surface area (Å²) in [5.41, 5.74) is 6.03. The molecule has 2 unspecified atom stereocenters. The van der Waals surface area contributed by atoms with Crippen molar-refractivity contribution in [3.05, 3.63) is 29.8 Å². The smallest absolute Gasteiger partial charge is 0.401 e. The van der Waals surface area contributed by atoms with E-state index < -0.39 is 23.7 Å². The Morgan fingerprint density at radius 1 is 1.35 bits per heavy atom. The standard InChI is InChI=1S/C14H18F3NOS/c1-3-9(2)10-6-4-5-7-12(10)19-8-11(13(18)20)14(15,16)17/h4-7,9,11H,3,8H2,1-2H3,(H2,18,20). The Kier molecular flexibility index (Phi) is 5.80. The maximum atomic E-state index is 12.8. The summed E-state index contributed by atoms with van der Waals surface area (Å²) in [6.07, 6.45) is -3.62. The first-order valence-corrected chi connectivity index (χ1v) is 6.76. The Bertz CT molecular complexity index is 462.